The molecule has 96 valence electrons. The molecule has 0 bridgehead atoms. The van der Waals surface area contributed by atoms with Gasteiger partial charge in [-0.15, -0.1) is 10.2 Å². The summed E-state index contributed by atoms with van der Waals surface area (Å²) in [7, 11) is 1.65. The molecule has 1 atom stereocenters. The number of ether oxygens (including phenoxy) is 1. The predicted molar refractivity (Wildman–Crippen MR) is 73.7 cm³/mol. The van der Waals surface area contributed by atoms with E-state index >= 15 is 0 Å². The molecule has 0 radical (unpaired) electrons. The van der Waals surface area contributed by atoms with Gasteiger partial charge in [0, 0.05) is 0 Å². The highest BCUT2D eigenvalue weighted by atomic mass is 32.1. The number of aromatic nitrogens is 2. The van der Waals surface area contributed by atoms with Crippen LogP contribution in [0.2, 0.25) is 0 Å². The third kappa shape index (κ3) is 2.52. The second-order valence-corrected chi connectivity index (χ2v) is 5.42. The van der Waals surface area contributed by atoms with Crippen LogP contribution in [0.15, 0.2) is 24.3 Å². The molecule has 0 saturated heterocycles. The summed E-state index contributed by atoms with van der Waals surface area (Å²) in [6.45, 7) is 4.16. The summed E-state index contributed by atoms with van der Waals surface area (Å²) in [6.07, 6.45) is 0. The van der Waals surface area contributed by atoms with Crippen LogP contribution in [0.4, 0.5) is 0 Å². The molecule has 0 amide bonds. The predicted octanol–water partition coefficient (Wildman–Crippen LogP) is 2.87. The first-order chi connectivity index (χ1) is 8.63. The molecule has 0 spiro atoms. The highest BCUT2D eigenvalue weighted by Gasteiger charge is 2.17. The van der Waals surface area contributed by atoms with Crippen molar-refractivity contribution in [2.45, 2.75) is 19.9 Å². The number of methoxy groups -OCH3 is 1. The number of hydrogen-bond donors (Lipinski definition) is 1. The van der Waals surface area contributed by atoms with Crippen molar-refractivity contribution < 1.29 is 4.74 Å². The number of nitrogens with zero attached hydrogens (tertiary/aromatic N) is 2. The maximum atomic E-state index is 6.08. The van der Waals surface area contributed by atoms with Crippen LogP contribution in [-0.4, -0.2) is 17.3 Å². The first kappa shape index (κ1) is 13.0. The third-order valence-corrected chi connectivity index (χ3v) is 3.84. The van der Waals surface area contributed by atoms with E-state index in [1.54, 1.807) is 7.11 Å². The minimum atomic E-state index is -0.0639. The minimum absolute atomic E-state index is 0.0639. The molecule has 0 aliphatic rings. The van der Waals surface area contributed by atoms with Crippen LogP contribution in [0.5, 0.6) is 5.75 Å². The van der Waals surface area contributed by atoms with Crippen molar-refractivity contribution in [2.75, 3.05) is 7.11 Å². The average molecular weight is 263 g/mol. The van der Waals surface area contributed by atoms with Crippen LogP contribution >= 0.6 is 11.3 Å². The average Bonchev–Trinajstić information content (AvgIpc) is 2.87. The van der Waals surface area contributed by atoms with Crippen LogP contribution in [-0.2, 0) is 0 Å². The minimum Gasteiger partial charge on any atom is -0.496 e. The van der Waals surface area contributed by atoms with E-state index in [4.69, 9.17) is 10.5 Å². The molecule has 2 rings (SSSR count). The number of para-hydroxylation sites is 1. The lowest BCUT2D eigenvalue weighted by atomic mass is 10.1. The van der Waals surface area contributed by atoms with Crippen LogP contribution in [0.3, 0.4) is 0 Å². The molecule has 4 nitrogen and oxygen atoms in total. The van der Waals surface area contributed by atoms with Gasteiger partial charge in [-0.1, -0.05) is 37.3 Å². The van der Waals surface area contributed by atoms with Gasteiger partial charge in [0.2, 0.25) is 0 Å². The summed E-state index contributed by atoms with van der Waals surface area (Å²) in [5.41, 5.74) is 7.03. The Kier molecular flexibility index (Phi) is 3.93. The fraction of sp³-hybridized carbons (Fsp3) is 0.385. The second kappa shape index (κ2) is 5.46. The zero-order valence-corrected chi connectivity index (χ0v) is 11.6. The molecular weight excluding hydrogens is 246 g/mol. The lowest BCUT2D eigenvalue weighted by molar-refractivity contribution is 0.416. The van der Waals surface area contributed by atoms with Gasteiger partial charge in [0.15, 0.2) is 5.01 Å². The van der Waals surface area contributed by atoms with Gasteiger partial charge in [0.1, 0.15) is 10.8 Å². The van der Waals surface area contributed by atoms with Crippen molar-refractivity contribution in [1.29, 1.82) is 0 Å². The quantitative estimate of drug-likeness (QED) is 0.921. The van der Waals surface area contributed by atoms with Crippen molar-refractivity contribution in [3.8, 4) is 16.3 Å². The first-order valence-electron chi connectivity index (χ1n) is 5.86. The van der Waals surface area contributed by atoms with Crippen LogP contribution in [0, 0.1) is 5.92 Å². The monoisotopic (exact) mass is 263 g/mol. The molecule has 5 heteroatoms. The zero-order chi connectivity index (χ0) is 13.1. The number of nitrogens with two attached hydrogens (primary N) is 1. The fourth-order valence-corrected chi connectivity index (χ4v) is 2.63. The molecule has 2 aromatic rings. The van der Waals surface area contributed by atoms with E-state index in [-0.39, 0.29) is 6.04 Å². The normalized spacial score (nSPS) is 12.7. The summed E-state index contributed by atoms with van der Waals surface area (Å²) in [5, 5.41) is 10.1. The standard InChI is InChI=1S/C13H17N3OS/c1-8(2)11(14)13-16-15-12(18-13)9-6-4-5-7-10(9)17-3/h4-8,11H,14H2,1-3H3. The Bertz CT molecular complexity index is 524. The number of benzene rings is 1. The van der Waals surface area contributed by atoms with Gasteiger partial charge in [-0.25, -0.2) is 0 Å². The van der Waals surface area contributed by atoms with Crippen molar-refractivity contribution in [3.05, 3.63) is 29.3 Å². The molecule has 1 aromatic heterocycles. The molecule has 0 aliphatic carbocycles. The first-order valence-corrected chi connectivity index (χ1v) is 6.67. The topological polar surface area (TPSA) is 61.0 Å². The van der Waals surface area contributed by atoms with Gasteiger partial charge >= 0.3 is 0 Å². The Hall–Kier alpha value is -1.46. The Balaban J connectivity index is 2.35. The van der Waals surface area contributed by atoms with Gasteiger partial charge in [-0.3, -0.25) is 0 Å². The Morgan fingerprint density at radius 3 is 2.61 bits per heavy atom. The molecule has 0 saturated carbocycles. The van der Waals surface area contributed by atoms with E-state index in [0.717, 1.165) is 21.3 Å². The van der Waals surface area contributed by atoms with E-state index in [9.17, 15) is 0 Å². The summed E-state index contributed by atoms with van der Waals surface area (Å²) in [6, 6.07) is 7.72. The Labute approximate surface area is 111 Å². The largest absolute Gasteiger partial charge is 0.496 e. The van der Waals surface area contributed by atoms with Gasteiger partial charge in [-0.2, -0.15) is 0 Å². The van der Waals surface area contributed by atoms with Crippen LogP contribution in [0.25, 0.3) is 10.6 Å². The Morgan fingerprint density at radius 2 is 1.94 bits per heavy atom. The highest BCUT2D eigenvalue weighted by Crippen LogP contribution is 2.33. The van der Waals surface area contributed by atoms with Crippen molar-refractivity contribution >= 4 is 11.3 Å². The van der Waals surface area contributed by atoms with Crippen molar-refractivity contribution in [2.24, 2.45) is 11.7 Å². The zero-order valence-electron chi connectivity index (χ0n) is 10.8. The van der Waals surface area contributed by atoms with E-state index < -0.39 is 0 Å². The molecule has 1 unspecified atom stereocenters. The number of rotatable bonds is 4. The van der Waals surface area contributed by atoms with E-state index in [1.807, 2.05) is 24.3 Å². The highest BCUT2D eigenvalue weighted by molar-refractivity contribution is 7.14. The summed E-state index contributed by atoms with van der Waals surface area (Å²) < 4.78 is 5.32. The maximum Gasteiger partial charge on any atom is 0.151 e. The molecule has 0 aliphatic heterocycles. The smallest absolute Gasteiger partial charge is 0.151 e. The lowest BCUT2D eigenvalue weighted by Gasteiger charge is -2.10. The lowest BCUT2D eigenvalue weighted by Crippen LogP contribution is -2.16. The third-order valence-electron chi connectivity index (χ3n) is 2.78. The van der Waals surface area contributed by atoms with Crippen LogP contribution in [0.1, 0.15) is 24.9 Å². The molecule has 2 N–H and O–H groups in total. The van der Waals surface area contributed by atoms with Gasteiger partial charge in [-0.05, 0) is 18.1 Å². The number of hydrogen-bond acceptors (Lipinski definition) is 5. The van der Waals surface area contributed by atoms with Gasteiger partial charge in [0.05, 0.1) is 18.7 Å². The summed E-state index contributed by atoms with van der Waals surface area (Å²) in [4.78, 5) is 0. The van der Waals surface area contributed by atoms with Crippen molar-refractivity contribution in [1.82, 2.24) is 10.2 Å². The molecule has 18 heavy (non-hydrogen) atoms. The van der Waals surface area contributed by atoms with E-state index in [2.05, 4.69) is 24.0 Å². The molecule has 1 heterocycles. The molecular formula is C13H17N3OS. The second-order valence-electron chi connectivity index (χ2n) is 4.42. The molecule has 0 fully saturated rings. The fourth-order valence-electron chi connectivity index (χ4n) is 1.58. The molecule has 1 aromatic carbocycles. The van der Waals surface area contributed by atoms with Gasteiger partial charge < -0.3 is 10.5 Å². The van der Waals surface area contributed by atoms with E-state index in [0.29, 0.717) is 5.92 Å². The van der Waals surface area contributed by atoms with Crippen molar-refractivity contribution in [3.63, 3.8) is 0 Å². The Morgan fingerprint density at radius 1 is 1.22 bits per heavy atom. The summed E-state index contributed by atoms with van der Waals surface area (Å²) in [5.74, 6) is 1.15. The SMILES string of the molecule is COc1ccccc1-c1nnc(C(N)C(C)C)s1. The summed E-state index contributed by atoms with van der Waals surface area (Å²) >= 11 is 1.52. The van der Waals surface area contributed by atoms with Gasteiger partial charge in [0.25, 0.3) is 0 Å². The maximum absolute atomic E-state index is 6.08. The van der Waals surface area contributed by atoms with Crippen LogP contribution < -0.4 is 10.5 Å². The van der Waals surface area contributed by atoms with E-state index in [1.165, 1.54) is 11.3 Å².